The minimum absolute atomic E-state index is 0.133. The molecule has 0 bridgehead atoms. The highest BCUT2D eigenvalue weighted by Gasteiger charge is 2.13. The Morgan fingerprint density at radius 1 is 1.03 bits per heavy atom. The van der Waals surface area contributed by atoms with Crippen molar-refractivity contribution >= 4 is 23.6 Å². The standard InChI is InChI=1S/C21H23N5O5S/c1-29-17-9-4-14(12-18(17)30-2)10-11-22-19(27)13-32-21-23-24-25-26(21)16-7-5-15(6-8-16)20(28)31-3/h4-9,12H,10-11,13H2,1-3H3,(H,22,27). The first kappa shape index (κ1) is 23.1. The second kappa shape index (κ2) is 11.1. The van der Waals surface area contributed by atoms with Crippen LogP contribution in [0.15, 0.2) is 47.6 Å². The van der Waals surface area contributed by atoms with Crippen molar-refractivity contribution in [2.45, 2.75) is 11.6 Å². The number of esters is 1. The van der Waals surface area contributed by atoms with E-state index in [0.717, 1.165) is 5.56 Å². The van der Waals surface area contributed by atoms with Crippen LogP contribution in [0.3, 0.4) is 0 Å². The van der Waals surface area contributed by atoms with Crippen LogP contribution in [-0.4, -0.2) is 65.7 Å². The number of rotatable bonds is 10. The Morgan fingerprint density at radius 2 is 1.78 bits per heavy atom. The van der Waals surface area contributed by atoms with Crippen molar-refractivity contribution in [1.82, 2.24) is 25.5 Å². The molecule has 1 N–H and O–H groups in total. The van der Waals surface area contributed by atoms with Crippen molar-refractivity contribution in [3.8, 4) is 17.2 Å². The molecule has 0 saturated heterocycles. The first-order valence-electron chi connectivity index (χ1n) is 9.63. The molecule has 3 aromatic rings. The lowest BCUT2D eigenvalue weighted by atomic mass is 10.1. The summed E-state index contributed by atoms with van der Waals surface area (Å²) in [5.74, 6) is 0.915. The molecule has 10 nitrogen and oxygen atoms in total. The maximum absolute atomic E-state index is 12.2. The molecule has 0 unspecified atom stereocenters. The van der Waals surface area contributed by atoms with Gasteiger partial charge in [0.1, 0.15) is 0 Å². The summed E-state index contributed by atoms with van der Waals surface area (Å²) in [6, 6.07) is 12.3. The van der Waals surface area contributed by atoms with Gasteiger partial charge >= 0.3 is 5.97 Å². The van der Waals surface area contributed by atoms with Crippen LogP contribution in [-0.2, 0) is 16.0 Å². The normalized spacial score (nSPS) is 10.5. The fraction of sp³-hybridized carbons (Fsp3) is 0.286. The maximum atomic E-state index is 12.2. The van der Waals surface area contributed by atoms with E-state index in [-0.39, 0.29) is 11.7 Å². The predicted octanol–water partition coefficient (Wildman–Crippen LogP) is 1.92. The van der Waals surface area contributed by atoms with Gasteiger partial charge in [-0.3, -0.25) is 4.79 Å². The van der Waals surface area contributed by atoms with Gasteiger partial charge in [0.05, 0.1) is 38.3 Å². The van der Waals surface area contributed by atoms with E-state index in [2.05, 4.69) is 20.8 Å². The first-order valence-corrected chi connectivity index (χ1v) is 10.6. The average Bonchev–Trinajstić information content (AvgIpc) is 3.30. The average molecular weight is 458 g/mol. The van der Waals surface area contributed by atoms with Crippen molar-refractivity contribution in [3.63, 3.8) is 0 Å². The number of aromatic nitrogens is 4. The molecule has 0 atom stereocenters. The second-order valence-corrected chi connectivity index (χ2v) is 7.43. The number of carbonyl (C=O) groups is 2. The fourth-order valence-electron chi connectivity index (χ4n) is 2.85. The number of methoxy groups -OCH3 is 3. The lowest BCUT2D eigenvalue weighted by Gasteiger charge is -2.10. The highest BCUT2D eigenvalue weighted by atomic mass is 32.2. The SMILES string of the molecule is COC(=O)c1ccc(-n2nnnc2SCC(=O)NCCc2ccc(OC)c(OC)c2)cc1. The highest BCUT2D eigenvalue weighted by Crippen LogP contribution is 2.27. The van der Waals surface area contributed by atoms with E-state index in [9.17, 15) is 9.59 Å². The largest absolute Gasteiger partial charge is 0.493 e. The van der Waals surface area contributed by atoms with Gasteiger partial charge < -0.3 is 19.5 Å². The predicted molar refractivity (Wildman–Crippen MR) is 117 cm³/mol. The van der Waals surface area contributed by atoms with E-state index in [0.29, 0.717) is 40.9 Å². The molecule has 168 valence electrons. The summed E-state index contributed by atoms with van der Waals surface area (Å²) in [5, 5.41) is 15.0. The van der Waals surface area contributed by atoms with E-state index in [1.54, 1.807) is 38.5 Å². The molecular formula is C21H23N5O5S. The summed E-state index contributed by atoms with van der Waals surface area (Å²) in [6.45, 7) is 0.481. The van der Waals surface area contributed by atoms with E-state index >= 15 is 0 Å². The molecule has 1 amide bonds. The van der Waals surface area contributed by atoms with Crippen molar-refractivity contribution in [3.05, 3.63) is 53.6 Å². The van der Waals surface area contributed by atoms with Gasteiger partial charge in [0, 0.05) is 6.54 Å². The Morgan fingerprint density at radius 3 is 2.47 bits per heavy atom. The van der Waals surface area contributed by atoms with Gasteiger partial charge in [0.2, 0.25) is 11.1 Å². The zero-order valence-electron chi connectivity index (χ0n) is 17.9. The Labute approximate surface area is 189 Å². The van der Waals surface area contributed by atoms with Crippen LogP contribution < -0.4 is 14.8 Å². The summed E-state index contributed by atoms with van der Waals surface area (Å²) in [6.07, 6.45) is 0.654. The number of carbonyl (C=O) groups excluding carboxylic acids is 2. The minimum Gasteiger partial charge on any atom is -0.493 e. The van der Waals surface area contributed by atoms with Gasteiger partial charge in [-0.15, -0.1) is 5.10 Å². The lowest BCUT2D eigenvalue weighted by molar-refractivity contribution is -0.118. The van der Waals surface area contributed by atoms with Gasteiger partial charge in [-0.05, 0) is 58.8 Å². The highest BCUT2D eigenvalue weighted by molar-refractivity contribution is 7.99. The van der Waals surface area contributed by atoms with Crippen LogP contribution >= 0.6 is 11.8 Å². The molecule has 0 spiro atoms. The molecule has 1 aromatic heterocycles. The molecule has 32 heavy (non-hydrogen) atoms. The van der Waals surface area contributed by atoms with Gasteiger partial charge in [-0.25, -0.2) is 4.79 Å². The summed E-state index contributed by atoms with van der Waals surface area (Å²) in [4.78, 5) is 23.8. The maximum Gasteiger partial charge on any atom is 0.337 e. The van der Waals surface area contributed by atoms with Crippen LogP contribution in [0.5, 0.6) is 11.5 Å². The quantitative estimate of drug-likeness (QED) is 0.360. The molecule has 3 rings (SSSR count). The zero-order valence-corrected chi connectivity index (χ0v) is 18.7. The van der Waals surface area contributed by atoms with Crippen molar-refractivity contribution in [2.24, 2.45) is 0 Å². The van der Waals surface area contributed by atoms with Crippen LogP contribution in [0, 0.1) is 0 Å². The number of nitrogens with one attached hydrogen (secondary N) is 1. The number of nitrogens with zero attached hydrogens (tertiary/aromatic N) is 4. The van der Waals surface area contributed by atoms with E-state index in [4.69, 9.17) is 14.2 Å². The Kier molecular flexibility index (Phi) is 8.03. The fourth-order valence-corrected chi connectivity index (χ4v) is 3.57. The Balaban J connectivity index is 1.51. The number of amides is 1. The molecule has 0 saturated carbocycles. The number of thioether (sulfide) groups is 1. The molecule has 0 aliphatic carbocycles. The first-order chi connectivity index (χ1) is 15.5. The van der Waals surface area contributed by atoms with Crippen molar-refractivity contribution < 1.29 is 23.8 Å². The van der Waals surface area contributed by atoms with Crippen molar-refractivity contribution in [2.75, 3.05) is 33.6 Å². The third-order valence-corrected chi connectivity index (χ3v) is 5.41. The van der Waals surface area contributed by atoms with Gasteiger partial charge in [0.25, 0.3) is 0 Å². The number of ether oxygens (including phenoxy) is 3. The molecule has 1 heterocycles. The third kappa shape index (κ3) is 5.76. The van der Waals surface area contributed by atoms with E-state index in [1.807, 2.05) is 18.2 Å². The number of hydrogen-bond acceptors (Lipinski definition) is 9. The van der Waals surface area contributed by atoms with E-state index in [1.165, 1.54) is 23.6 Å². The molecule has 0 aliphatic rings. The number of benzene rings is 2. The molecule has 11 heteroatoms. The van der Waals surface area contributed by atoms with E-state index < -0.39 is 5.97 Å². The second-order valence-electron chi connectivity index (χ2n) is 6.49. The van der Waals surface area contributed by atoms with Crippen LogP contribution in [0.25, 0.3) is 5.69 Å². The number of hydrogen-bond donors (Lipinski definition) is 1. The van der Waals surface area contributed by atoms with Gasteiger partial charge in [-0.1, -0.05) is 17.8 Å². The Bertz CT molecular complexity index is 1070. The summed E-state index contributed by atoms with van der Waals surface area (Å²) >= 11 is 1.22. The third-order valence-electron chi connectivity index (χ3n) is 4.49. The van der Waals surface area contributed by atoms with Crippen molar-refractivity contribution in [1.29, 1.82) is 0 Å². The summed E-state index contributed by atoms with van der Waals surface area (Å²) in [7, 11) is 4.50. The lowest BCUT2D eigenvalue weighted by Crippen LogP contribution is -2.27. The van der Waals surface area contributed by atoms with Crippen LogP contribution in [0.1, 0.15) is 15.9 Å². The summed E-state index contributed by atoms with van der Waals surface area (Å²) in [5.41, 5.74) is 2.11. The van der Waals surface area contributed by atoms with Crippen LogP contribution in [0.4, 0.5) is 0 Å². The monoisotopic (exact) mass is 457 g/mol. The smallest absolute Gasteiger partial charge is 0.337 e. The molecule has 0 aliphatic heterocycles. The van der Waals surface area contributed by atoms with Gasteiger partial charge in [0.15, 0.2) is 11.5 Å². The van der Waals surface area contributed by atoms with Crippen LogP contribution in [0.2, 0.25) is 0 Å². The molecule has 0 fully saturated rings. The summed E-state index contributed by atoms with van der Waals surface area (Å²) < 4.78 is 16.7. The Hall–Kier alpha value is -3.60. The minimum atomic E-state index is -0.424. The number of tetrazole rings is 1. The molecule has 0 radical (unpaired) electrons. The van der Waals surface area contributed by atoms with Gasteiger partial charge in [-0.2, -0.15) is 4.68 Å². The molecular weight excluding hydrogens is 434 g/mol. The zero-order chi connectivity index (χ0) is 22.9. The molecule has 2 aromatic carbocycles. The topological polar surface area (TPSA) is 117 Å².